The zero-order valence-corrected chi connectivity index (χ0v) is 11.7. The first-order valence-corrected chi connectivity index (χ1v) is 6.86. The van der Waals surface area contributed by atoms with Gasteiger partial charge in [0, 0.05) is 25.8 Å². The second-order valence-electron chi connectivity index (χ2n) is 4.71. The topological polar surface area (TPSA) is 77.7 Å². The van der Waals surface area contributed by atoms with Crippen LogP contribution in [-0.2, 0) is 4.74 Å². The molecular formula is C14H21N3O3. The summed E-state index contributed by atoms with van der Waals surface area (Å²) in [6.07, 6.45) is 3.50. The van der Waals surface area contributed by atoms with E-state index in [4.69, 9.17) is 15.2 Å². The highest BCUT2D eigenvalue weighted by atomic mass is 16.5. The van der Waals surface area contributed by atoms with Gasteiger partial charge in [0.25, 0.3) is 5.91 Å². The van der Waals surface area contributed by atoms with Gasteiger partial charge >= 0.3 is 0 Å². The Balaban J connectivity index is 1.94. The standard InChI is InChI=1S/C14H21N3O3/c1-19-13-12(3-2-7-16-13)14(18)17-8-4-11(5-9-17)20-10-6-15/h2-3,7,11H,4-6,8-10,15H2,1H3. The highest BCUT2D eigenvalue weighted by Crippen LogP contribution is 2.20. The van der Waals surface area contributed by atoms with Crippen LogP contribution < -0.4 is 10.5 Å². The molecule has 1 aromatic heterocycles. The maximum absolute atomic E-state index is 12.4. The first-order valence-electron chi connectivity index (χ1n) is 6.86. The number of ether oxygens (including phenoxy) is 2. The molecule has 6 heteroatoms. The fourth-order valence-corrected chi connectivity index (χ4v) is 2.35. The van der Waals surface area contributed by atoms with Crippen molar-refractivity contribution >= 4 is 5.91 Å². The molecule has 0 atom stereocenters. The van der Waals surface area contributed by atoms with Gasteiger partial charge in [-0.3, -0.25) is 4.79 Å². The van der Waals surface area contributed by atoms with Gasteiger partial charge < -0.3 is 20.1 Å². The van der Waals surface area contributed by atoms with E-state index >= 15 is 0 Å². The van der Waals surface area contributed by atoms with Crippen LogP contribution in [0.1, 0.15) is 23.2 Å². The van der Waals surface area contributed by atoms with Crippen molar-refractivity contribution in [2.45, 2.75) is 18.9 Å². The molecule has 0 radical (unpaired) electrons. The van der Waals surface area contributed by atoms with Crippen molar-refractivity contribution in [1.29, 1.82) is 0 Å². The molecule has 1 amide bonds. The summed E-state index contributed by atoms with van der Waals surface area (Å²) in [5.74, 6) is 0.339. The van der Waals surface area contributed by atoms with Crippen molar-refractivity contribution in [2.24, 2.45) is 5.73 Å². The molecule has 1 aliphatic rings. The minimum absolute atomic E-state index is 0.0350. The van der Waals surface area contributed by atoms with Gasteiger partial charge in [-0.1, -0.05) is 0 Å². The molecule has 0 spiro atoms. The minimum Gasteiger partial charge on any atom is -0.480 e. The lowest BCUT2D eigenvalue weighted by molar-refractivity contribution is 0.0121. The number of aromatic nitrogens is 1. The lowest BCUT2D eigenvalue weighted by Crippen LogP contribution is -2.41. The fourth-order valence-electron chi connectivity index (χ4n) is 2.35. The molecule has 1 fully saturated rings. The fraction of sp³-hybridized carbons (Fsp3) is 0.571. The second-order valence-corrected chi connectivity index (χ2v) is 4.71. The molecule has 110 valence electrons. The number of hydrogen-bond donors (Lipinski definition) is 1. The lowest BCUT2D eigenvalue weighted by Gasteiger charge is -2.32. The zero-order chi connectivity index (χ0) is 14.4. The number of carbonyl (C=O) groups excluding carboxylic acids is 1. The van der Waals surface area contributed by atoms with Crippen molar-refractivity contribution in [2.75, 3.05) is 33.4 Å². The van der Waals surface area contributed by atoms with E-state index in [0.29, 0.717) is 37.7 Å². The van der Waals surface area contributed by atoms with Crippen molar-refractivity contribution in [1.82, 2.24) is 9.88 Å². The van der Waals surface area contributed by atoms with Crippen LogP contribution in [0.25, 0.3) is 0 Å². The van der Waals surface area contributed by atoms with Gasteiger partial charge in [0.05, 0.1) is 19.8 Å². The Bertz CT molecular complexity index is 445. The van der Waals surface area contributed by atoms with Crippen LogP contribution in [0.2, 0.25) is 0 Å². The van der Waals surface area contributed by atoms with Crippen LogP contribution in [0.4, 0.5) is 0 Å². The number of nitrogens with zero attached hydrogens (tertiary/aromatic N) is 2. The average Bonchev–Trinajstić information content (AvgIpc) is 2.52. The molecule has 2 rings (SSSR count). The van der Waals surface area contributed by atoms with Crippen LogP contribution in [0.3, 0.4) is 0 Å². The Morgan fingerprint density at radius 3 is 2.90 bits per heavy atom. The van der Waals surface area contributed by atoms with Gasteiger partial charge in [0.15, 0.2) is 0 Å². The normalized spacial score (nSPS) is 16.2. The summed E-state index contributed by atoms with van der Waals surface area (Å²) in [6.45, 7) is 2.49. The Kier molecular flexibility index (Phi) is 5.31. The highest BCUT2D eigenvalue weighted by molar-refractivity contribution is 5.96. The SMILES string of the molecule is COc1ncccc1C(=O)N1CCC(OCCN)CC1. The molecule has 0 unspecified atom stereocenters. The van der Waals surface area contributed by atoms with E-state index in [1.165, 1.54) is 7.11 Å². The predicted molar refractivity (Wildman–Crippen MR) is 74.7 cm³/mol. The molecule has 2 heterocycles. The third-order valence-electron chi connectivity index (χ3n) is 3.40. The molecule has 1 aliphatic heterocycles. The summed E-state index contributed by atoms with van der Waals surface area (Å²) in [6, 6.07) is 3.48. The summed E-state index contributed by atoms with van der Waals surface area (Å²) < 4.78 is 10.7. The van der Waals surface area contributed by atoms with E-state index in [-0.39, 0.29) is 12.0 Å². The van der Waals surface area contributed by atoms with Gasteiger partial charge in [-0.15, -0.1) is 0 Å². The molecule has 0 bridgehead atoms. The molecular weight excluding hydrogens is 258 g/mol. The van der Waals surface area contributed by atoms with Gasteiger partial charge in [0.1, 0.15) is 5.56 Å². The number of rotatable bonds is 5. The highest BCUT2D eigenvalue weighted by Gasteiger charge is 2.25. The summed E-state index contributed by atoms with van der Waals surface area (Å²) in [4.78, 5) is 18.3. The Hall–Kier alpha value is -1.66. The van der Waals surface area contributed by atoms with Crippen LogP contribution >= 0.6 is 0 Å². The van der Waals surface area contributed by atoms with E-state index in [2.05, 4.69) is 4.98 Å². The van der Waals surface area contributed by atoms with E-state index in [1.54, 1.807) is 18.3 Å². The third kappa shape index (κ3) is 3.46. The van der Waals surface area contributed by atoms with E-state index < -0.39 is 0 Å². The zero-order valence-electron chi connectivity index (χ0n) is 11.7. The summed E-state index contributed by atoms with van der Waals surface area (Å²) in [7, 11) is 1.52. The summed E-state index contributed by atoms with van der Waals surface area (Å²) in [5, 5.41) is 0. The predicted octanol–water partition coefficient (Wildman–Crippen LogP) is 0.670. The van der Waals surface area contributed by atoms with Crippen molar-refractivity contribution in [3.63, 3.8) is 0 Å². The van der Waals surface area contributed by atoms with E-state index in [9.17, 15) is 4.79 Å². The van der Waals surface area contributed by atoms with E-state index in [1.807, 2.05) is 4.90 Å². The summed E-state index contributed by atoms with van der Waals surface area (Å²) in [5.41, 5.74) is 5.93. The van der Waals surface area contributed by atoms with Gasteiger partial charge in [-0.2, -0.15) is 0 Å². The Labute approximate surface area is 118 Å². The second kappa shape index (κ2) is 7.21. The van der Waals surface area contributed by atoms with Crippen molar-refractivity contribution in [3.8, 4) is 5.88 Å². The number of carbonyl (C=O) groups is 1. The first kappa shape index (κ1) is 14.7. The molecule has 0 aliphatic carbocycles. The number of piperidine rings is 1. The number of hydrogen-bond acceptors (Lipinski definition) is 5. The van der Waals surface area contributed by atoms with Gasteiger partial charge in [-0.25, -0.2) is 4.98 Å². The van der Waals surface area contributed by atoms with E-state index in [0.717, 1.165) is 12.8 Å². The molecule has 20 heavy (non-hydrogen) atoms. The third-order valence-corrected chi connectivity index (χ3v) is 3.40. The van der Waals surface area contributed by atoms with Crippen LogP contribution in [0, 0.1) is 0 Å². The number of methoxy groups -OCH3 is 1. The van der Waals surface area contributed by atoms with Gasteiger partial charge in [-0.05, 0) is 25.0 Å². The maximum atomic E-state index is 12.4. The Morgan fingerprint density at radius 1 is 1.50 bits per heavy atom. The monoisotopic (exact) mass is 279 g/mol. The molecule has 0 saturated carbocycles. The molecule has 2 N–H and O–H groups in total. The van der Waals surface area contributed by atoms with Crippen molar-refractivity contribution < 1.29 is 14.3 Å². The smallest absolute Gasteiger partial charge is 0.259 e. The number of amides is 1. The molecule has 1 aromatic rings. The quantitative estimate of drug-likeness (QED) is 0.857. The molecule has 0 aromatic carbocycles. The van der Waals surface area contributed by atoms with Crippen molar-refractivity contribution in [3.05, 3.63) is 23.9 Å². The lowest BCUT2D eigenvalue weighted by atomic mass is 10.1. The number of pyridine rings is 1. The average molecular weight is 279 g/mol. The van der Waals surface area contributed by atoms with Gasteiger partial charge in [0.2, 0.25) is 5.88 Å². The first-order chi connectivity index (χ1) is 9.76. The van der Waals surface area contributed by atoms with Crippen LogP contribution in [-0.4, -0.2) is 55.2 Å². The molecule has 6 nitrogen and oxygen atoms in total. The maximum Gasteiger partial charge on any atom is 0.259 e. The van der Waals surface area contributed by atoms with Crippen LogP contribution in [0.15, 0.2) is 18.3 Å². The number of nitrogens with two attached hydrogens (primary N) is 1. The largest absolute Gasteiger partial charge is 0.480 e. The molecule has 1 saturated heterocycles. The number of likely N-dealkylation sites (tertiary alicyclic amines) is 1. The minimum atomic E-state index is -0.0350. The van der Waals surface area contributed by atoms with Crippen LogP contribution in [0.5, 0.6) is 5.88 Å². The Morgan fingerprint density at radius 2 is 2.25 bits per heavy atom. The summed E-state index contributed by atoms with van der Waals surface area (Å²) >= 11 is 0.